The van der Waals surface area contributed by atoms with E-state index in [1.54, 1.807) is 5.32 Å². The average molecular weight is 258 g/mol. The fraction of sp³-hybridized carbons (Fsp3) is 0.571. The maximum atomic E-state index is 11.7. The van der Waals surface area contributed by atoms with E-state index in [0.29, 0.717) is 0 Å². The van der Waals surface area contributed by atoms with Gasteiger partial charge >= 0.3 is 24.1 Å². The average Bonchev–Trinajstić information content (AvgIpc) is 2.11. The molecule has 17 heavy (non-hydrogen) atoms. The molecule has 7 nitrogen and oxygen atoms in total. The molecule has 2 amide bonds. The second kappa shape index (κ2) is 5.92. The molecule has 4 N–H and O–H groups in total. The van der Waals surface area contributed by atoms with Crippen LogP contribution in [0.1, 0.15) is 6.42 Å². The zero-order chi connectivity index (χ0) is 13.6. The lowest BCUT2D eigenvalue weighted by molar-refractivity contribution is -0.145. The van der Waals surface area contributed by atoms with Crippen LogP contribution in [0.15, 0.2) is 0 Å². The van der Waals surface area contributed by atoms with Gasteiger partial charge in [-0.1, -0.05) is 0 Å². The highest BCUT2D eigenvalue weighted by atomic mass is 19.4. The minimum atomic E-state index is -4.64. The molecule has 0 aromatic rings. The quantitative estimate of drug-likeness (QED) is 0.544. The number of carboxylic acids is 2. The van der Waals surface area contributed by atoms with Crippen molar-refractivity contribution in [1.29, 1.82) is 0 Å². The number of amides is 2. The Morgan fingerprint density at radius 2 is 1.71 bits per heavy atom. The van der Waals surface area contributed by atoms with Crippen LogP contribution in [0.5, 0.6) is 0 Å². The first-order valence-electron chi connectivity index (χ1n) is 4.17. The third-order valence-electron chi connectivity index (χ3n) is 1.43. The molecule has 0 aromatic heterocycles. The predicted molar refractivity (Wildman–Crippen MR) is 46.3 cm³/mol. The molecule has 0 aliphatic carbocycles. The van der Waals surface area contributed by atoms with Crippen molar-refractivity contribution in [2.24, 2.45) is 0 Å². The molecule has 0 rings (SSSR count). The van der Waals surface area contributed by atoms with E-state index in [4.69, 9.17) is 10.2 Å². The second-order valence-corrected chi connectivity index (χ2v) is 2.93. The first-order valence-corrected chi connectivity index (χ1v) is 4.17. The Balaban J connectivity index is 4.22. The number of hydrogen-bond acceptors (Lipinski definition) is 3. The van der Waals surface area contributed by atoms with Gasteiger partial charge in [-0.3, -0.25) is 4.79 Å². The molecule has 0 heterocycles. The Morgan fingerprint density at radius 1 is 1.18 bits per heavy atom. The number of carboxylic acid groups (broad SMARTS) is 2. The number of carbonyl (C=O) groups excluding carboxylic acids is 1. The summed E-state index contributed by atoms with van der Waals surface area (Å²) in [6, 6.07) is -3.20. The van der Waals surface area contributed by atoms with Crippen molar-refractivity contribution in [3.8, 4) is 0 Å². The first kappa shape index (κ1) is 15.0. The molecule has 10 heteroatoms. The number of urea groups is 1. The lowest BCUT2D eigenvalue weighted by atomic mass is 10.2. The van der Waals surface area contributed by atoms with Crippen LogP contribution in [-0.4, -0.2) is 46.9 Å². The van der Waals surface area contributed by atoms with E-state index in [1.165, 1.54) is 5.32 Å². The SMILES string of the molecule is O=C(O)C[C@@H](NC(=O)NCC(F)(F)F)C(=O)O. The van der Waals surface area contributed by atoms with E-state index in [1.807, 2.05) is 0 Å². The Morgan fingerprint density at radius 3 is 2.06 bits per heavy atom. The highest BCUT2D eigenvalue weighted by Crippen LogP contribution is 2.11. The number of alkyl halides is 3. The molecule has 0 aliphatic heterocycles. The minimum Gasteiger partial charge on any atom is -0.481 e. The van der Waals surface area contributed by atoms with Crippen molar-refractivity contribution in [1.82, 2.24) is 10.6 Å². The van der Waals surface area contributed by atoms with Gasteiger partial charge in [0.25, 0.3) is 0 Å². The highest BCUT2D eigenvalue weighted by Gasteiger charge is 2.29. The van der Waals surface area contributed by atoms with Crippen LogP contribution in [0.25, 0.3) is 0 Å². The molecule has 0 radical (unpaired) electrons. The smallest absolute Gasteiger partial charge is 0.405 e. The number of carbonyl (C=O) groups is 3. The first-order chi connectivity index (χ1) is 7.61. The number of rotatable bonds is 5. The van der Waals surface area contributed by atoms with E-state index >= 15 is 0 Å². The Bertz CT molecular complexity index is 317. The summed E-state index contributed by atoms with van der Waals surface area (Å²) < 4.78 is 35.0. The van der Waals surface area contributed by atoms with Crippen molar-refractivity contribution in [3.63, 3.8) is 0 Å². The summed E-state index contributed by atoms with van der Waals surface area (Å²) in [6.45, 7) is -1.64. The third kappa shape index (κ3) is 7.88. The summed E-state index contributed by atoms with van der Waals surface area (Å²) in [6.07, 6.45) is -5.57. The van der Waals surface area contributed by atoms with Gasteiger partial charge in [-0.2, -0.15) is 13.2 Å². The Kier molecular flexibility index (Phi) is 5.22. The van der Waals surface area contributed by atoms with Gasteiger partial charge in [-0.15, -0.1) is 0 Å². The lowest BCUT2D eigenvalue weighted by Gasteiger charge is -2.14. The van der Waals surface area contributed by atoms with Crippen LogP contribution in [0, 0.1) is 0 Å². The second-order valence-electron chi connectivity index (χ2n) is 2.93. The summed E-state index contributed by atoms with van der Waals surface area (Å²) in [5.74, 6) is -3.16. The number of hydrogen-bond donors (Lipinski definition) is 4. The normalized spacial score (nSPS) is 12.6. The zero-order valence-electron chi connectivity index (χ0n) is 8.24. The molecule has 0 spiro atoms. The van der Waals surface area contributed by atoms with Crippen LogP contribution in [0.4, 0.5) is 18.0 Å². The molecule has 0 aromatic carbocycles. The number of halogens is 3. The van der Waals surface area contributed by atoms with Gasteiger partial charge in [0.05, 0.1) is 6.42 Å². The largest absolute Gasteiger partial charge is 0.481 e. The summed E-state index contributed by atoms with van der Waals surface area (Å²) in [7, 11) is 0. The van der Waals surface area contributed by atoms with E-state index < -0.39 is 43.2 Å². The van der Waals surface area contributed by atoms with Gasteiger partial charge in [0.2, 0.25) is 0 Å². The Hall–Kier alpha value is -2.00. The van der Waals surface area contributed by atoms with Crippen molar-refractivity contribution in [3.05, 3.63) is 0 Å². The van der Waals surface area contributed by atoms with E-state index in [-0.39, 0.29) is 0 Å². The lowest BCUT2D eigenvalue weighted by Crippen LogP contribution is -2.48. The van der Waals surface area contributed by atoms with E-state index in [2.05, 4.69) is 0 Å². The molecular weight excluding hydrogens is 249 g/mol. The summed E-state index contributed by atoms with van der Waals surface area (Å²) in [5, 5.41) is 19.7. The summed E-state index contributed by atoms with van der Waals surface area (Å²) in [5.41, 5.74) is 0. The molecule has 1 atom stereocenters. The van der Waals surface area contributed by atoms with Crippen molar-refractivity contribution >= 4 is 18.0 Å². The van der Waals surface area contributed by atoms with Crippen LogP contribution >= 0.6 is 0 Å². The van der Waals surface area contributed by atoms with E-state index in [9.17, 15) is 27.6 Å². The van der Waals surface area contributed by atoms with Crippen LogP contribution < -0.4 is 10.6 Å². The molecule has 0 saturated carbocycles. The summed E-state index contributed by atoms with van der Waals surface area (Å²) >= 11 is 0. The minimum absolute atomic E-state index is 0.936. The van der Waals surface area contributed by atoms with Crippen molar-refractivity contribution < 1.29 is 37.8 Å². The molecular formula is C7H9F3N2O5. The molecule has 0 aliphatic rings. The fourth-order valence-electron chi connectivity index (χ4n) is 0.764. The van der Waals surface area contributed by atoms with Gasteiger partial charge in [-0.05, 0) is 0 Å². The maximum Gasteiger partial charge on any atom is 0.405 e. The van der Waals surface area contributed by atoms with E-state index in [0.717, 1.165) is 0 Å². The van der Waals surface area contributed by atoms with Gasteiger partial charge in [0, 0.05) is 0 Å². The Labute approximate surface area is 92.6 Å². The van der Waals surface area contributed by atoms with Crippen molar-refractivity contribution in [2.75, 3.05) is 6.54 Å². The molecule has 0 unspecified atom stereocenters. The third-order valence-corrected chi connectivity index (χ3v) is 1.43. The van der Waals surface area contributed by atoms with Crippen LogP contribution in [0.2, 0.25) is 0 Å². The van der Waals surface area contributed by atoms with Gasteiger partial charge in [0.15, 0.2) is 0 Å². The van der Waals surface area contributed by atoms with Crippen molar-refractivity contribution in [2.45, 2.75) is 18.6 Å². The van der Waals surface area contributed by atoms with Crippen LogP contribution in [-0.2, 0) is 9.59 Å². The number of aliphatic carboxylic acids is 2. The van der Waals surface area contributed by atoms with Gasteiger partial charge in [-0.25, -0.2) is 9.59 Å². The summed E-state index contributed by atoms with van der Waals surface area (Å²) in [4.78, 5) is 31.4. The standard InChI is InChI=1S/C7H9F3N2O5/c8-7(9,10)2-11-6(17)12-3(5(15)16)1-4(13)14/h3H,1-2H2,(H,13,14)(H,15,16)(H2,11,12,17)/t3-/m1/s1. The predicted octanol–water partition coefficient (Wildman–Crippen LogP) is -0.224. The maximum absolute atomic E-state index is 11.7. The molecule has 0 bridgehead atoms. The highest BCUT2D eigenvalue weighted by molar-refractivity contribution is 5.86. The monoisotopic (exact) mass is 258 g/mol. The molecule has 0 fully saturated rings. The fourth-order valence-corrected chi connectivity index (χ4v) is 0.764. The topological polar surface area (TPSA) is 116 Å². The molecule has 0 saturated heterocycles. The zero-order valence-corrected chi connectivity index (χ0v) is 8.24. The molecule has 98 valence electrons. The van der Waals surface area contributed by atoms with Gasteiger partial charge < -0.3 is 20.8 Å². The number of nitrogens with one attached hydrogen (secondary N) is 2. The van der Waals surface area contributed by atoms with Gasteiger partial charge in [0.1, 0.15) is 12.6 Å². The van der Waals surface area contributed by atoms with Crippen LogP contribution in [0.3, 0.4) is 0 Å².